The van der Waals surface area contributed by atoms with Crippen LogP contribution in [0.4, 0.5) is 5.69 Å². The van der Waals surface area contributed by atoms with Gasteiger partial charge in [-0.15, -0.1) is 0 Å². The first-order chi connectivity index (χ1) is 10.7. The summed E-state index contributed by atoms with van der Waals surface area (Å²) in [6.07, 6.45) is 3.53. The summed E-state index contributed by atoms with van der Waals surface area (Å²) in [5.74, 6) is 0.816. The average molecular weight is 303 g/mol. The molecule has 122 valence electrons. The molecule has 4 nitrogen and oxygen atoms in total. The van der Waals surface area contributed by atoms with Crippen LogP contribution in [0.25, 0.3) is 0 Å². The number of anilines is 1. The molecule has 1 fully saturated rings. The van der Waals surface area contributed by atoms with Gasteiger partial charge in [0.25, 0.3) is 0 Å². The molecule has 2 rings (SSSR count). The first-order valence-corrected chi connectivity index (χ1v) is 8.47. The Balaban J connectivity index is 1.86. The van der Waals surface area contributed by atoms with Gasteiger partial charge in [0, 0.05) is 12.2 Å². The maximum Gasteiger partial charge on any atom is 0.238 e. The number of para-hydroxylation sites is 1. The Hall–Kier alpha value is -1.39. The standard InChI is InChI=1S/C18H29N3O/c1-3-12-21(13-16-8-10-19-11-9-16)14-18(22)20-17-7-5-4-6-15(17)2/h4-7,16,19H,3,8-14H2,1-2H3,(H,20,22). The highest BCUT2D eigenvalue weighted by molar-refractivity contribution is 5.92. The molecule has 0 unspecified atom stereocenters. The fourth-order valence-electron chi connectivity index (χ4n) is 3.09. The van der Waals surface area contributed by atoms with E-state index in [4.69, 9.17) is 0 Å². The van der Waals surface area contributed by atoms with Crippen LogP contribution in [-0.2, 0) is 4.79 Å². The SMILES string of the molecule is CCCN(CC(=O)Nc1ccccc1C)CC1CCNCC1. The number of nitrogens with one attached hydrogen (secondary N) is 2. The number of hydrogen-bond acceptors (Lipinski definition) is 3. The molecule has 22 heavy (non-hydrogen) atoms. The van der Waals surface area contributed by atoms with Crippen LogP contribution < -0.4 is 10.6 Å². The predicted octanol–water partition coefficient (Wildman–Crippen LogP) is 2.65. The van der Waals surface area contributed by atoms with Gasteiger partial charge in [0.2, 0.25) is 5.91 Å². The van der Waals surface area contributed by atoms with Crippen LogP contribution in [0.3, 0.4) is 0 Å². The minimum absolute atomic E-state index is 0.0942. The van der Waals surface area contributed by atoms with Gasteiger partial charge in [0.1, 0.15) is 0 Å². The summed E-state index contributed by atoms with van der Waals surface area (Å²) < 4.78 is 0. The normalized spacial score (nSPS) is 16.0. The van der Waals surface area contributed by atoms with Crippen molar-refractivity contribution in [3.05, 3.63) is 29.8 Å². The van der Waals surface area contributed by atoms with Crippen molar-refractivity contribution in [2.75, 3.05) is 38.0 Å². The zero-order valence-corrected chi connectivity index (χ0v) is 13.9. The fraction of sp³-hybridized carbons (Fsp3) is 0.611. The van der Waals surface area contributed by atoms with Crippen molar-refractivity contribution in [3.8, 4) is 0 Å². The molecule has 1 aromatic rings. The maximum absolute atomic E-state index is 12.3. The Morgan fingerprint density at radius 3 is 2.73 bits per heavy atom. The summed E-state index contributed by atoms with van der Waals surface area (Å²) >= 11 is 0. The summed E-state index contributed by atoms with van der Waals surface area (Å²) in [5, 5.41) is 6.45. The molecule has 1 aromatic carbocycles. The predicted molar refractivity (Wildman–Crippen MR) is 92.1 cm³/mol. The van der Waals surface area contributed by atoms with Gasteiger partial charge in [-0.2, -0.15) is 0 Å². The van der Waals surface area contributed by atoms with Gasteiger partial charge in [0.05, 0.1) is 6.54 Å². The van der Waals surface area contributed by atoms with Gasteiger partial charge in [-0.3, -0.25) is 9.69 Å². The Labute approximate surface area is 134 Å². The molecule has 1 aliphatic rings. The lowest BCUT2D eigenvalue weighted by atomic mass is 9.97. The van der Waals surface area contributed by atoms with E-state index in [1.807, 2.05) is 31.2 Å². The second kappa shape index (κ2) is 8.91. The summed E-state index contributed by atoms with van der Waals surface area (Å²) in [6.45, 7) is 8.94. The van der Waals surface area contributed by atoms with E-state index in [0.29, 0.717) is 6.54 Å². The molecule has 0 bridgehead atoms. The lowest BCUT2D eigenvalue weighted by Crippen LogP contribution is -2.40. The lowest BCUT2D eigenvalue weighted by molar-refractivity contribution is -0.117. The molecular formula is C18H29N3O. The van der Waals surface area contributed by atoms with Crippen molar-refractivity contribution in [1.82, 2.24) is 10.2 Å². The quantitative estimate of drug-likeness (QED) is 0.814. The number of carbonyl (C=O) groups excluding carboxylic acids is 1. The molecule has 0 aliphatic carbocycles. The number of nitrogens with zero attached hydrogens (tertiary/aromatic N) is 1. The first-order valence-electron chi connectivity index (χ1n) is 8.47. The third-order valence-electron chi connectivity index (χ3n) is 4.30. The molecule has 4 heteroatoms. The zero-order valence-electron chi connectivity index (χ0n) is 13.9. The van der Waals surface area contributed by atoms with Crippen LogP contribution >= 0.6 is 0 Å². The molecule has 0 radical (unpaired) electrons. The van der Waals surface area contributed by atoms with Crippen molar-refractivity contribution in [2.45, 2.75) is 33.1 Å². The monoisotopic (exact) mass is 303 g/mol. The highest BCUT2D eigenvalue weighted by atomic mass is 16.2. The van der Waals surface area contributed by atoms with Crippen molar-refractivity contribution in [2.24, 2.45) is 5.92 Å². The number of amides is 1. The molecule has 1 amide bonds. The minimum atomic E-state index is 0.0942. The Kier molecular flexibility index (Phi) is 6.87. The van der Waals surface area contributed by atoms with E-state index < -0.39 is 0 Å². The van der Waals surface area contributed by atoms with Crippen molar-refractivity contribution in [1.29, 1.82) is 0 Å². The third-order valence-corrected chi connectivity index (χ3v) is 4.30. The molecule has 0 saturated carbocycles. The molecular weight excluding hydrogens is 274 g/mol. The summed E-state index contributed by atoms with van der Waals surface area (Å²) in [5.41, 5.74) is 2.03. The van der Waals surface area contributed by atoms with E-state index in [-0.39, 0.29) is 5.91 Å². The molecule has 0 atom stereocenters. The van der Waals surface area contributed by atoms with Crippen LogP contribution in [0.5, 0.6) is 0 Å². The van der Waals surface area contributed by atoms with Crippen LogP contribution in [0.2, 0.25) is 0 Å². The molecule has 1 heterocycles. The van der Waals surface area contributed by atoms with E-state index in [1.165, 1.54) is 12.8 Å². The van der Waals surface area contributed by atoms with E-state index in [9.17, 15) is 4.79 Å². The molecule has 0 spiro atoms. The average Bonchev–Trinajstić information content (AvgIpc) is 2.51. The van der Waals surface area contributed by atoms with Crippen molar-refractivity contribution < 1.29 is 4.79 Å². The van der Waals surface area contributed by atoms with E-state index in [1.54, 1.807) is 0 Å². The molecule has 2 N–H and O–H groups in total. The first kappa shape index (κ1) is 17.0. The molecule has 1 saturated heterocycles. The van der Waals surface area contributed by atoms with Gasteiger partial charge >= 0.3 is 0 Å². The van der Waals surface area contributed by atoms with E-state index in [0.717, 1.165) is 49.8 Å². The number of benzene rings is 1. The number of carbonyl (C=O) groups is 1. The maximum atomic E-state index is 12.3. The lowest BCUT2D eigenvalue weighted by Gasteiger charge is -2.29. The van der Waals surface area contributed by atoms with Gasteiger partial charge in [0.15, 0.2) is 0 Å². The number of rotatable bonds is 7. The summed E-state index contributed by atoms with van der Waals surface area (Å²) in [7, 11) is 0. The van der Waals surface area contributed by atoms with Crippen LogP contribution in [0.15, 0.2) is 24.3 Å². The van der Waals surface area contributed by atoms with Crippen LogP contribution in [0.1, 0.15) is 31.7 Å². The minimum Gasteiger partial charge on any atom is -0.325 e. The summed E-state index contributed by atoms with van der Waals surface area (Å²) in [6, 6.07) is 7.94. The zero-order chi connectivity index (χ0) is 15.8. The Morgan fingerprint density at radius 1 is 1.32 bits per heavy atom. The topological polar surface area (TPSA) is 44.4 Å². The fourth-order valence-corrected chi connectivity index (χ4v) is 3.09. The Morgan fingerprint density at radius 2 is 2.05 bits per heavy atom. The smallest absolute Gasteiger partial charge is 0.238 e. The second-order valence-electron chi connectivity index (χ2n) is 6.29. The van der Waals surface area contributed by atoms with Crippen LogP contribution in [-0.4, -0.2) is 43.5 Å². The third kappa shape index (κ3) is 5.43. The van der Waals surface area contributed by atoms with E-state index >= 15 is 0 Å². The van der Waals surface area contributed by atoms with Crippen molar-refractivity contribution >= 4 is 11.6 Å². The van der Waals surface area contributed by atoms with Gasteiger partial charge in [-0.25, -0.2) is 0 Å². The second-order valence-corrected chi connectivity index (χ2v) is 6.29. The number of piperidine rings is 1. The number of hydrogen-bond donors (Lipinski definition) is 2. The van der Waals surface area contributed by atoms with Gasteiger partial charge in [-0.05, 0) is 63.4 Å². The van der Waals surface area contributed by atoms with Gasteiger partial charge in [-0.1, -0.05) is 25.1 Å². The van der Waals surface area contributed by atoms with Gasteiger partial charge < -0.3 is 10.6 Å². The highest BCUT2D eigenvalue weighted by Crippen LogP contribution is 2.15. The molecule has 0 aromatic heterocycles. The number of aryl methyl sites for hydroxylation is 1. The van der Waals surface area contributed by atoms with Crippen molar-refractivity contribution in [3.63, 3.8) is 0 Å². The highest BCUT2D eigenvalue weighted by Gasteiger charge is 2.18. The largest absolute Gasteiger partial charge is 0.325 e. The summed E-state index contributed by atoms with van der Waals surface area (Å²) in [4.78, 5) is 14.6. The Bertz CT molecular complexity index is 469. The van der Waals surface area contributed by atoms with Crippen LogP contribution in [0, 0.1) is 12.8 Å². The van der Waals surface area contributed by atoms with E-state index in [2.05, 4.69) is 22.5 Å². The molecule has 1 aliphatic heterocycles.